The van der Waals surface area contributed by atoms with Crippen molar-refractivity contribution in [3.8, 4) is 11.3 Å². The van der Waals surface area contributed by atoms with Crippen molar-refractivity contribution < 1.29 is 22.9 Å². The molecule has 2 aromatic rings. The number of amides is 1. The molecule has 5 nitrogen and oxygen atoms in total. The van der Waals surface area contributed by atoms with E-state index in [1.165, 1.54) is 6.20 Å². The van der Waals surface area contributed by atoms with E-state index < -0.39 is 18.6 Å². The van der Waals surface area contributed by atoms with E-state index in [1.807, 2.05) is 14.1 Å². The number of likely N-dealkylation sites (N-methyl/N-ethyl adjacent to an activating group) is 1. The summed E-state index contributed by atoms with van der Waals surface area (Å²) in [6.07, 6.45) is -3.23. The van der Waals surface area contributed by atoms with E-state index in [-0.39, 0.29) is 11.3 Å². The maximum atomic E-state index is 12.8. The largest absolute Gasteiger partial charge is 0.408 e. The molecule has 0 saturated heterocycles. The van der Waals surface area contributed by atoms with Gasteiger partial charge in [-0.1, -0.05) is 30.3 Å². The molecule has 0 aliphatic rings. The molecular weight excluding hydrogens is 321 g/mol. The number of nitrogens with zero attached hydrogens (tertiary/aromatic N) is 2. The van der Waals surface area contributed by atoms with Crippen LogP contribution in [-0.2, 0) is 6.54 Å². The molecule has 0 saturated carbocycles. The van der Waals surface area contributed by atoms with Crippen molar-refractivity contribution >= 4 is 5.91 Å². The third-order valence-electron chi connectivity index (χ3n) is 3.37. The van der Waals surface area contributed by atoms with E-state index in [0.29, 0.717) is 18.7 Å². The first-order valence-corrected chi connectivity index (χ1v) is 7.53. The second kappa shape index (κ2) is 7.48. The lowest BCUT2D eigenvalue weighted by Gasteiger charge is -2.12. The van der Waals surface area contributed by atoms with Crippen molar-refractivity contribution in [3.63, 3.8) is 0 Å². The number of alkyl halides is 3. The Hall–Kier alpha value is -2.35. The van der Waals surface area contributed by atoms with Crippen molar-refractivity contribution in [1.82, 2.24) is 15.1 Å². The quantitative estimate of drug-likeness (QED) is 0.823. The molecule has 2 N–H and O–H groups in total. The average Bonchev–Trinajstić information content (AvgIpc) is 2.89. The van der Waals surface area contributed by atoms with Crippen LogP contribution >= 0.6 is 0 Å². The van der Waals surface area contributed by atoms with Gasteiger partial charge >= 0.3 is 6.18 Å². The van der Waals surface area contributed by atoms with Gasteiger partial charge < -0.3 is 10.2 Å². The van der Waals surface area contributed by atoms with Crippen LogP contribution in [0.4, 0.5) is 13.2 Å². The summed E-state index contributed by atoms with van der Waals surface area (Å²) in [5.74, 6) is -0.427. The van der Waals surface area contributed by atoms with Gasteiger partial charge in [-0.2, -0.15) is 18.3 Å². The lowest BCUT2D eigenvalue weighted by atomic mass is 10.1. The molecule has 1 heterocycles. The third-order valence-corrected chi connectivity index (χ3v) is 3.37. The molecule has 1 aromatic heterocycles. The summed E-state index contributed by atoms with van der Waals surface area (Å²) < 4.78 is 39.1. The molecule has 0 fully saturated rings. The van der Waals surface area contributed by atoms with Crippen LogP contribution in [0.1, 0.15) is 10.4 Å². The Labute approximate surface area is 138 Å². The second-order valence-corrected chi connectivity index (χ2v) is 5.76. The molecule has 24 heavy (non-hydrogen) atoms. The fraction of sp³-hybridized carbons (Fsp3) is 0.375. The van der Waals surface area contributed by atoms with Crippen LogP contribution in [0, 0.1) is 0 Å². The molecule has 8 heteroatoms. The Bertz CT molecular complexity index is 680. The maximum Gasteiger partial charge on any atom is 0.408 e. The molecule has 0 unspecified atom stereocenters. The summed E-state index contributed by atoms with van der Waals surface area (Å²) in [7, 11) is 3.89. The first-order chi connectivity index (χ1) is 11.3. The number of nitrogens with one attached hydrogen (secondary N) is 2. The number of carbonyl (C=O) groups excluding carboxylic acids is 1. The van der Waals surface area contributed by atoms with Gasteiger partial charge in [-0.05, 0) is 0 Å². The van der Waals surface area contributed by atoms with E-state index in [2.05, 4.69) is 10.4 Å². The normalized spacial score (nSPS) is 11.8. The number of rotatable bonds is 6. The first kappa shape index (κ1) is 18.0. The first-order valence-electron chi connectivity index (χ1n) is 7.53. The van der Waals surface area contributed by atoms with Crippen molar-refractivity contribution in [2.24, 2.45) is 0 Å². The summed E-state index contributed by atoms with van der Waals surface area (Å²) >= 11 is 0. The monoisotopic (exact) mass is 341 g/mol. The zero-order valence-corrected chi connectivity index (χ0v) is 13.5. The minimum atomic E-state index is -4.42. The van der Waals surface area contributed by atoms with Gasteiger partial charge in [0.2, 0.25) is 0 Å². The summed E-state index contributed by atoms with van der Waals surface area (Å²) in [5, 5.41) is 6.50. The lowest BCUT2D eigenvalue weighted by Crippen LogP contribution is -3.06. The summed E-state index contributed by atoms with van der Waals surface area (Å²) in [6, 6.07) is 8.48. The van der Waals surface area contributed by atoms with Gasteiger partial charge in [0.1, 0.15) is 6.54 Å². The minimum Gasteiger partial charge on any atom is -0.346 e. The molecule has 1 amide bonds. The van der Waals surface area contributed by atoms with Crippen LogP contribution in [0.25, 0.3) is 11.3 Å². The summed E-state index contributed by atoms with van der Waals surface area (Å²) in [5.41, 5.74) is 0.824. The highest BCUT2D eigenvalue weighted by atomic mass is 19.4. The number of benzene rings is 1. The SMILES string of the molecule is C[NH+](C)CCNC(=O)c1cnn(CC(F)(F)F)c1-c1ccccc1. The molecule has 2 rings (SSSR count). The Morgan fingerprint density at radius 2 is 1.92 bits per heavy atom. The van der Waals surface area contributed by atoms with Gasteiger partial charge in [0.25, 0.3) is 5.91 Å². The average molecular weight is 341 g/mol. The molecule has 1 aromatic carbocycles. The number of carbonyl (C=O) groups is 1. The summed E-state index contributed by atoms with van der Waals surface area (Å²) in [6.45, 7) is -0.102. The Balaban J connectivity index is 2.32. The van der Waals surface area contributed by atoms with Crippen LogP contribution in [0.15, 0.2) is 36.5 Å². The maximum absolute atomic E-state index is 12.8. The fourth-order valence-corrected chi connectivity index (χ4v) is 2.26. The Morgan fingerprint density at radius 1 is 1.25 bits per heavy atom. The zero-order valence-electron chi connectivity index (χ0n) is 13.5. The van der Waals surface area contributed by atoms with Gasteiger partial charge in [-0.25, -0.2) is 0 Å². The number of quaternary nitrogens is 1. The molecule has 0 spiro atoms. The van der Waals surface area contributed by atoms with Crippen molar-refractivity contribution in [3.05, 3.63) is 42.1 Å². The fourth-order valence-electron chi connectivity index (χ4n) is 2.26. The van der Waals surface area contributed by atoms with Gasteiger partial charge in [-0.15, -0.1) is 0 Å². The van der Waals surface area contributed by atoms with E-state index in [0.717, 1.165) is 9.58 Å². The van der Waals surface area contributed by atoms with Gasteiger partial charge in [0, 0.05) is 5.56 Å². The molecule has 0 bridgehead atoms. The number of hydrogen-bond donors (Lipinski definition) is 2. The van der Waals surface area contributed by atoms with Crippen LogP contribution in [0.2, 0.25) is 0 Å². The van der Waals surface area contributed by atoms with Crippen molar-refractivity contribution in [2.45, 2.75) is 12.7 Å². The zero-order chi connectivity index (χ0) is 17.7. The number of hydrogen-bond acceptors (Lipinski definition) is 2. The molecule has 0 aliphatic carbocycles. The van der Waals surface area contributed by atoms with Crippen LogP contribution in [0.3, 0.4) is 0 Å². The molecule has 0 radical (unpaired) electrons. The number of halogens is 3. The molecule has 0 atom stereocenters. The predicted octanol–water partition coefficient (Wildman–Crippen LogP) is 0.987. The minimum absolute atomic E-state index is 0.138. The van der Waals surface area contributed by atoms with E-state index in [1.54, 1.807) is 30.3 Å². The third kappa shape index (κ3) is 4.82. The standard InChI is InChI=1S/C16H19F3N4O/c1-22(2)9-8-20-15(24)13-10-21-23(11-16(17,18)19)14(13)12-6-4-3-5-7-12/h3-7,10H,8-9,11H2,1-2H3,(H,20,24)/p+1. The van der Waals surface area contributed by atoms with Gasteiger partial charge in [0.05, 0.1) is 44.6 Å². The Kier molecular flexibility index (Phi) is 5.61. The van der Waals surface area contributed by atoms with Gasteiger partial charge in [0.15, 0.2) is 0 Å². The lowest BCUT2D eigenvalue weighted by molar-refractivity contribution is -0.856. The predicted molar refractivity (Wildman–Crippen MR) is 83.7 cm³/mol. The van der Waals surface area contributed by atoms with Crippen molar-refractivity contribution in [1.29, 1.82) is 0 Å². The Morgan fingerprint density at radius 3 is 2.50 bits per heavy atom. The highest BCUT2D eigenvalue weighted by molar-refractivity contribution is 5.99. The molecule has 130 valence electrons. The van der Waals surface area contributed by atoms with E-state index >= 15 is 0 Å². The molecule has 0 aliphatic heterocycles. The molecular formula is C16H20F3N4O+. The van der Waals surface area contributed by atoms with Gasteiger partial charge in [-0.3, -0.25) is 9.48 Å². The van der Waals surface area contributed by atoms with E-state index in [4.69, 9.17) is 0 Å². The topological polar surface area (TPSA) is 51.4 Å². The second-order valence-electron chi connectivity index (χ2n) is 5.76. The van der Waals surface area contributed by atoms with E-state index in [9.17, 15) is 18.0 Å². The van der Waals surface area contributed by atoms with Crippen LogP contribution < -0.4 is 10.2 Å². The van der Waals surface area contributed by atoms with Crippen LogP contribution in [0.5, 0.6) is 0 Å². The summed E-state index contributed by atoms with van der Waals surface area (Å²) in [4.78, 5) is 13.5. The highest BCUT2D eigenvalue weighted by Crippen LogP contribution is 2.27. The number of aromatic nitrogens is 2. The van der Waals surface area contributed by atoms with Crippen LogP contribution in [-0.4, -0.2) is 49.0 Å². The smallest absolute Gasteiger partial charge is 0.346 e. The highest BCUT2D eigenvalue weighted by Gasteiger charge is 2.31. The van der Waals surface area contributed by atoms with Crippen molar-refractivity contribution in [2.75, 3.05) is 27.2 Å².